The Morgan fingerprint density at radius 3 is 2.42 bits per heavy atom. The largest absolute Gasteiger partial charge is 0.378 e. The molecule has 3 aromatic rings. The Kier molecular flexibility index (Phi) is 5.70. The van der Waals surface area contributed by atoms with E-state index >= 15 is 0 Å². The van der Waals surface area contributed by atoms with Crippen LogP contribution in [-0.4, -0.2) is 53.6 Å². The third-order valence-electron chi connectivity index (χ3n) is 5.76. The molecule has 158 valence electrons. The maximum absolute atomic E-state index is 13.1. The molecule has 1 saturated heterocycles. The van der Waals surface area contributed by atoms with Crippen LogP contribution in [0.2, 0.25) is 0 Å². The van der Waals surface area contributed by atoms with Gasteiger partial charge in [-0.05, 0) is 24.3 Å². The van der Waals surface area contributed by atoms with Gasteiger partial charge in [0.05, 0.1) is 25.5 Å². The molecule has 6 nitrogen and oxygen atoms in total. The van der Waals surface area contributed by atoms with Crippen LogP contribution in [0.5, 0.6) is 0 Å². The third-order valence-corrected chi connectivity index (χ3v) is 6.29. The summed E-state index contributed by atoms with van der Waals surface area (Å²) in [6, 6.07) is 17.6. The molecule has 2 aliphatic rings. The van der Waals surface area contributed by atoms with E-state index in [0.717, 1.165) is 52.4 Å². The van der Waals surface area contributed by atoms with Gasteiger partial charge in [-0.1, -0.05) is 46.3 Å². The molecular formula is C24H23BrN4O2. The standard InChI is InChI=1S/C24H23BrN4O2/c25-19-8-6-18(7-9-19)24(30)29-11-10-21-20(16-29)23(28-12-14-31-15-13-28)27-22(26-21)17-4-2-1-3-5-17/h1-9H,10-16H2. The summed E-state index contributed by atoms with van der Waals surface area (Å²) in [6.45, 7) is 4.11. The van der Waals surface area contributed by atoms with Gasteiger partial charge in [-0.3, -0.25) is 4.79 Å². The summed E-state index contributed by atoms with van der Waals surface area (Å²) in [4.78, 5) is 27.2. The van der Waals surface area contributed by atoms with Crippen molar-refractivity contribution in [3.63, 3.8) is 0 Å². The number of carbonyl (C=O) groups is 1. The van der Waals surface area contributed by atoms with Gasteiger partial charge < -0.3 is 14.5 Å². The SMILES string of the molecule is O=C(c1ccc(Br)cc1)N1CCc2nc(-c3ccccc3)nc(N3CCOCC3)c2C1. The van der Waals surface area contributed by atoms with E-state index in [1.165, 1.54) is 0 Å². The van der Waals surface area contributed by atoms with Gasteiger partial charge in [0.2, 0.25) is 0 Å². The molecule has 3 heterocycles. The molecule has 0 aliphatic carbocycles. The minimum absolute atomic E-state index is 0.0400. The molecule has 1 aromatic heterocycles. The van der Waals surface area contributed by atoms with E-state index in [9.17, 15) is 4.79 Å². The number of amides is 1. The van der Waals surface area contributed by atoms with E-state index in [2.05, 4.69) is 20.8 Å². The van der Waals surface area contributed by atoms with Crippen molar-refractivity contribution in [3.8, 4) is 11.4 Å². The molecule has 0 N–H and O–H groups in total. The van der Waals surface area contributed by atoms with Gasteiger partial charge in [0.1, 0.15) is 5.82 Å². The summed E-state index contributed by atoms with van der Waals surface area (Å²) in [6.07, 6.45) is 0.720. The summed E-state index contributed by atoms with van der Waals surface area (Å²) in [5.74, 6) is 1.72. The molecule has 2 aromatic carbocycles. The zero-order valence-corrected chi connectivity index (χ0v) is 18.7. The monoisotopic (exact) mass is 478 g/mol. The van der Waals surface area contributed by atoms with Crippen molar-refractivity contribution in [1.29, 1.82) is 0 Å². The van der Waals surface area contributed by atoms with E-state index < -0.39 is 0 Å². The van der Waals surface area contributed by atoms with Crippen molar-refractivity contribution in [3.05, 3.63) is 75.9 Å². The first-order chi connectivity index (χ1) is 15.2. The molecule has 0 atom stereocenters. The van der Waals surface area contributed by atoms with Crippen LogP contribution in [0.15, 0.2) is 59.1 Å². The number of hydrogen-bond acceptors (Lipinski definition) is 5. The average molecular weight is 479 g/mol. The predicted octanol–water partition coefficient (Wildman–Crippen LogP) is 3.94. The maximum atomic E-state index is 13.1. The molecule has 1 fully saturated rings. The first kappa shape index (κ1) is 20.2. The Hall–Kier alpha value is -2.77. The summed E-state index contributed by atoms with van der Waals surface area (Å²) in [5, 5.41) is 0. The number of hydrogen-bond donors (Lipinski definition) is 0. The fourth-order valence-electron chi connectivity index (χ4n) is 4.10. The highest BCUT2D eigenvalue weighted by Gasteiger charge is 2.29. The van der Waals surface area contributed by atoms with Crippen molar-refractivity contribution < 1.29 is 9.53 Å². The minimum atomic E-state index is 0.0400. The normalized spacial score (nSPS) is 16.2. The van der Waals surface area contributed by atoms with Crippen molar-refractivity contribution in [2.24, 2.45) is 0 Å². The van der Waals surface area contributed by atoms with Gasteiger partial charge in [-0.25, -0.2) is 9.97 Å². The number of rotatable bonds is 3. The minimum Gasteiger partial charge on any atom is -0.378 e. The topological polar surface area (TPSA) is 58.6 Å². The van der Waals surface area contributed by atoms with Crippen LogP contribution in [0.1, 0.15) is 21.6 Å². The van der Waals surface area contributed by atoms with Crippen LogP contribution in [0, 0.1) is 0 Å². The van der Waals surface area contributed by atoms with Gasteiger partial charge in [0, 0.05) is 47.2 Å². The van der Waals surface area contributed by atoms with Crippen LogP contribution < -0.4 is 4.90 Å². The second-order valence-electron chi connectivity index (χ2n) is 7.75. The highest BCUT2D eigenvalue weighted by atomic mass is 79.9. The van der Waals surface area contributed by atoms with E-state index in [-0.39, 0.29) is 5.91 Å². The van der Waals surface area contributed by atoms with E-state index in [4.69, 9.17) is 14.7 Å². The average Bonchev–Trinajstić information content (AvgIpc) is 2.84. The highest BCUT2D eigenvalue weighted by Crippen LogP contribution is 2.31. The number of nitrogens with zero attached hydrogens (tertiary/aromatic N) is 4. The van der Waals surface area contributed by atoms with Crippen molar-refractivity contribution >= 4 is 27.7 Å². The molecule has 1 amide bonds. The first-order valence-corrected chi connectivity index (χ1v) is 11.3. The van der Waals surface area contributed by atoms with Crippen LogP contribution in [-0.2, 0) is 17.7 Å². The maximum Gasteiger partial charge on any atom is 0.254 e. The number of morpholine rings is 1. The van der Waals surface area contributed by atoms with Gasteiger partial charge in [0.15, 0.2) is 5.82 Å². The van der Waals surface area contributed by atoms with Crippen molar-refractivity contribution in [2.45, 2.75) is 13.0 Å². The Balaban J connectivity index is 1.51. The quantitative estimate of drug-likeness (QED) is 0.570. The highest BCUT2D eigenvalue weighted by molar-refractivity contribution is 9.10. The van der Waals surface area contributed by atoms with Crippen LogP contribution >= 0.6 is 15.9 Å². The third kappa shape index (κ3) is 4.20. The number of halogens is 1. The van der Waals surface area contributed by atoms with Crippen molar-refractivity contribution in [1.82, 2.24) is 14.9 Å². The number of carbonyl (C=O) groups excluding carboxylic acids is 1. The summed E-state index contributed by atoms with van der Waals surface area (Å²) in [7, 11) is 0. The van der Waals surface area contributed by atoms with Gasteiger partial charge >= 0.3 is 0 Å². The van der Waals surface area contributed by atoms with Crippen LogP contribution in [0.25, 0.3) is 11.4 Å². The lowest BCUT2D eigenvalue weighted by Crippen LogP contribution is -2.41. The lowest BCUT2D eigenvalue weighted by Gasteiger charge is -2.34. The number of ether oxygens (including phenoxy) is 1. The lowest BCUT2D eigenvalue weighted by molar-refractivity contribution is 0.0733. The molecular weight excluding hydrogens is 456 g/mol. The molecule has 0 saturated carbocycles. The van der Waals surface area contributed by atoms with Crippen LogP contribution in [0.3, 0.4) is 0 Å². The number of benzene rings is 2. The fourth-order valence-corrected chi connectivity index (χ4v) is 4.36. The Morgan fingerprint density at radius 1 is 0.935 bits per heavy atom. The summed E-state index contributed by atoms with van der Waals surface area (Å²) in [5.41, 5.74) is 3.79. The number of aromatic nitrogens is 2. The zero-order valence-electron chi connectivity index (χ0n) is 17.1. The molecule has 0 spiro atoms. The van der Waals surface area contributed by atoms with Gasteiger partial charge in [-0.15, -0.1) is 0 Å². The second kappa shape index (κ2) is 8.77. The molecule has 0 bridgehead atoms. The second-order valence-corrected chi connectivity index (χ2v) is 8.66. The smallest absolute Gasteiger partial charge is 0.254 e. The van der Waals surface area contributed by atoms with Crippen LogP contribution in [0.4, 0.5) is 5.82 Å². The Morgan fingerprint density at radius 2 is 1.68 bits per heavy atom. The predicted molar refractivity (Wildman–Crippen MR) is 123 cm³/mol. The lowest BCUT2D eigenvalue weighted by atomic mass is 10.0. The fraction of sp³-hybridized carbons (Fsp3) is 0.292. The van der Waals surface area contributed by atoms with Gasteiger partial charge in [0.25, 0.3) is 5.91 Å². The van der Waals surface area contributed by atoms with Crippen molar-refractivity contribution in [2.75, 3.05) is 37.7 Å². The van der Waals surface area contributed by atoms with E-state index in [1.807, 2.05) is 59.5 Å². The van der Waals surface area contributed by atoms with E-state index in [0.29, 0.717) is 31.9 Å². The Labute approximate surface area is 190 Å². The Bertz CT molecular complexity index is 1080. The molecule has 5 rings (SSSR count). The van der Waals surface area contributed by atoms with Gasteiger partial charge in [-0.2, -0.15) is 0 Å². The summed E-state index contributed by atoms with van der Waals surface area (Å²) < 4.78 is 6.52. The molecule has 0 radical (unpaired) electrons. The zero-order chi connectivity index (χ0) is 21.2. The summed E-state index contributed by atoms with van der Waals surface area (Å²) >= 11 is 3.43. The first-order valence-electron chi connectivity index (χ1n) is 10.5. The molecule has 7 heteroatoms. The molecule has 2 aliphatic heterocycles. The molecule has 31 heavy (non-hydrogen) atoms. The number of anilines is 1. The van der Waals surface area contributed by atoms with E-state index in [1.54, 1.807) is 0 Å². The molecule has 0 unspecified atom stereocenters. The number of fused-ring (bicyclic) bond motifs is 1.